The number of carboxylic acid groups (broad SMARTS) is 1. The maximum absolute atomic E-state index is 12.8. The molecule has 0 aromatic carbocycles. The van der Waals surface area contributed by atoms with Crippen LogP contribution in [0.25, 0.3) is 5.52 Å². The van der Waals surface area contributed by atoms with Gasteiger partial charge in [-0.2, -0.15) is 5.10 Å². The minimum Gasteiger partial charge on any atom is -0.481 e. The van der Waals surface area contributed by atoms with E-state index in [9.17, 15) is 9.59 Å². The summed E-state index contributed by atoms with van der Waals surface area (Å²) in [6.07, 6.45) is 3.21. The van der Waals surface area contributed by atoms with Crippen LogP contribution in [0, 0.1) is 0 Å². The van der Waals surface area contributed by atoms with Crippen LogP contribution in [0.3, 0.4) is 0 Å². The quantitative estimate of drug-likeness (QED) is 0.934. The maximum atomic E-state index is 12.8. The lowest BCUT2D eigenvalue weighted by Gasteiger charge is -2.35. The third kappa shape index (κ3) is 3.21. The number of amides is 1. The molecular weight excluding hydrogens is 270 g/mol. The van der Waals surface area contributed by atoms with E-state index in [4.69, 9.17) is 5.11 Å². The van der Waals surface area contributed by atoms with Crippen LogP contribution in [0.15, 0.2) is 30.6 Å². The molecule has 0 saturated carbocycles. The third-order valence-corrected chi connectivity index (χ3v) is 3.26. The Balaban J connectivity index is 2.35. The van der Waals surface area contributed by atoms with Crippen LogP contribution < -0.4 is 0 Å². The van der Waals surface area contributed by atoms with Gasteiger partial charge in [-0.3, -0.25) is 9.59 Å². The highest BCUT2D eigenvalue weighted by atomic mass is 16.4. The first kappa shape index (κ1) is 15.0. The van der Waals surface area contributed by atoms with Crippen molar-refractivity contribution in [2.75, 3.05) is 6.54 Å². The van der Waals surface area contributed by atoms with Crippen molar-refractivity contribution in [1.29, 1.82) is 0 Å². The summed E-state index contributed by atoms with van der Waals surface area (Å²) in [5, 5.41) is 13.0. The van der Waals surface area contributed by atoms with Crippen molar-refractivity contribution in [3.05, 3.63) is 36.2 Å². The Morgan fingerprint density at radius 2 is 2.05 bits per heavy atom. The number of fused-ring (bicyclic) bond motifs is 1. The van der Waals surface area contributed by atoms with Crippen LogP contribution in [0.5, 0.6) is 0 Å². The number of nitrogens with zero attached hydrogens (tertiary/aromatic N) is 3. The molecule has 0 aliphatic heterocycles. The van der Waals surface area contributed by atoms with Crippen LogP contribution in [0.4, 0.5) is 0 Å². The molecule has 0 radical (unpaired) electrons. The highest BCUT2D eigenvalue weighted by Gasteiger charge is 2.29. The van der Waals surface area contributed by atoms with Crippen LogP contribution in [-0.4, -0.2) is 43.6 Å². The summed E-state index contributed by atoms with van der Waals surface area (Å²) in [4.78, 5) is 25.1. The molecule has 2 aromatic rings. The molecule has 0 aliphatic rings. The minimum absolute atomic E-state index is 0.0811. The van der Waals surface area contributed by atoms with E-state index in [1.165, 1.54) is 6.20 Å². The molecular formula is C15H19N3O3. The Labute approximate surface area is 123 Å². The van der Waals surface area contributed by atoms with Crippen molar-refractivity contribution >= 4 is 17.4 Å². The smallest absolute Gasteiger partial charge is 0.305 e. The highest BCUT2D eigenvalue weighted by Crippen LogP contribution is 2.20. The molecule has 21 heavy (non-hydrogen) atoms. The van der Waals surface area contributed by atoms with Gasteiger partial charge in [0.05, 0.1) is 23.7 Å². The summed E-state index contributed by atoms with van der Waals surface area (Å²) < 4.78 is 1.63. The lowest BCUT2D eigenvalue weighted by atomic mass is 10.0. The minimum atomic E-state index is -0.920. The number of rotatable bonds is 4. The van der Waals surface area contributed by atoms with Gasteiger partial charge in [-0.1, -0.05) is 6.07 Å². The molecule has 0 aliphatic carbocycles. The largest absolute Gasteiger partial charge is 0.481 e. The second-order valence-electron chi connectivity index (χ2n) is 5.86. The van der Waals surface area contributed by atoms with Crippen LogP contribution in [0.1, 0.15) is 37.6 Å². The lowest BCUT2D eigenvalue weighted by Crippen LogP contribution is -2.46. The molecule has 0 spiro atoms. The summed E-state index contributed by atoms with van der Waals surface area (Å²) in [5.41, 5.74) is 0.734. The molecule has 112 valence electrons. The van der Waals surface area contributed by atoms with Gasteiger partial charge in [0, 0.05) is 18.3 Å². The Bertz CT molecular complexity index is 670. The zero-order chi connectivity index (χ0) is 15.6. The van der Waals surface area contributed by atoms with Gasteiger partial charge >= 0.3 is 5.97 Å². The van der Waals surface area contributed by atoms with E-state index < -0.39 is 11.5 Å². The summed E-state index contributed by atoms with van der Waals surface area (Å²) >= 11 is 0. The van der Waals surface area contributed by atoms with Gasteiger partial charge in [-0.15, -0.1) is 0 Å². The molecule has 2 rings (SSSR count). The van der Waals surface area contributed by atoms with Gasteiger partial charge in [0.25, 0.3) is 5.91 Å². The van der Waals surface area contributed by atoms with E-state index in [2.05, 4.69) is 5.10 Å². The molecule has 0 unspecified atom stereocenters. The average molecular weight is 289 g/mol. The van der Waals surface area contributed by atoms with E-state index in [-0.39, 0.29) is 18.9 Å². The van der Waals surface area contributed by atoms with E-state index in [1.54, 1.807) is 15.6 Å². The zero-order valence-corrected chi connectivity index (χ0v) is 12.4. The SMILES string of the molecule is CC(C)(C)N(CCC(=O)O)C(=O)c1cnn2ccccc12. The maximum Gasteiger partial charge on any atom is 0.305 e. The van der Waals surface area contributed by atoms with Gasteiger partial charge < -0.3 is 10.0 Å². The molecule has 0 fully saturated rings. The van der Waals surface area contributed by atoms with Crippen molar-refractivity contribution in [2.45, 2.75) is 32.7 Å². The average Bonchev–Trinajstić information content (AvgIpc) is 2.80. The first-order valence-corrected chi connectivity index (χ1v) is 6.77. The molecule has 0 saturated heterocycles. The number of pyridine rings is 1. The summed E-state index contributed by atoms with van der Waals surface area (Å²) in [6.45, 7) is 5.83. The van der Waals surface area contributed by atoms with Crippen LogP contribution >= 0.6 is 0 Å². The van der Waals surface area contributed by atoms with Gasteiger partial charge in [0.1, 0.15) is 0 Å². The highest BCUT2D eigenvalue weighted by molar-refractivity contribution is 6.01. The predicted molar refractivity (Wildman–Crippen MR) is 78.2 cm³/mol. The number of carboxylic acids is 1. The van der Waals surface area contributed by atoms with Gasteiger partial charge in [-0.25, -0.2) is 4.52 Å². The van der Waals surface area contributed by atoms with Crippen molar-refractivity contribution in [3.8, 4) is 0 Å². The third-order valence-electron chi connectivity index (χ3n) is 3.26. The number of hydrogen-bond donors (Lipinski definition) is 1. The van der Waals surface area contributed by atoms with Gasteiger partial charge in [0.2, 0.25) is 0 Å². The van der Waals surface area contributed by atoms with Crippen molar-refractivity contribution in [2.24, 2.45) is 0 Å². The standard InChI is InChI=1S/C15H19N3O3/c1-15(2,3)17(9-7-13(19)20)14(21)11-10-16-18-8-5-4-6-12(11)18/h4-6,8,10H,7,9H2,1-3H3,(H,19,20). The predicted octanol–water partition coefficient (Wildman–Crippen LogP) is 2.05. The van der Waals surface area contributed by atoms with Crippen molar-refractivity contribution in [3.63, 3.8) is 0 Å². The molecule has 0 bridgehead atoms. The fourth-order valence-electron chi connectivity index (χ4n) is 2.19. The number of aromatic nitrogens is 2. The number of aliphatic carboxylic acids is 1. The lowest BCUT2D eigenvalue weighted by molar-refractivity contribution is -0.137. The fraction of sp³-hybridized carbons (Fsp3) is 0.400. The monoisotopic (exact) mass is 289 g/mol. The van der Waals surface area contributed by atoms with Gasteiger partial charge in [0.15, 0.2) is 0 Å². The van der Waals surface area contributed by atoms with Crippen molar-refractivity contribution < 1.29 is 14.7 Å². The summed E-state index contributed by atoms with van der Waals surface area (Å²) in [7, 11) is 0. The van der Waals surface area contributed by atoms with Crippen LogP contribution in [-0.2, 0) is 4.79 Å². The second kappa shape index (κ2) is 5.55. The van der Waals surface area contributed by atoms with E-state index in [0.717, 1.165) is 0 Å². The number of hydrogen-bond acceptors (Lipinski definition) is 3. The molecule has 6 heteroatoms. The number of carbonyl (C=O) groups excluding carboxylic acids is 1. The molecule has 1 amide bonds. The number of carbonyl (C=O) groups is 2. The molecule has 6 nitrogen and oxygen atoms in total. The van der Waals surface area contributed by atoms with E-state index in [0.29, 0.717) is 11.1 Å². The zero-order valence-electron chi connectivity index (χ0n) is 12.4. The first-order valence-electron chi connectivity index (χ1n) is 6.77. The fourth-order valence-corrected chi connectivity index (χ4v) is 2.19. The molecule has 1 N–H and O–H groups in total. The second-order valence-corrected chi connectivity index (χ2v) is 5.86. The Kier molecular flexibility index (Phi) is 3.97. The summed E-state index contributed by atoms with van der Waals surface area (Å²) in [6, 6.07) is 5.49. The molecule has 2 heterocycles. The Morgan fingerprint density at radius 1 is 1.33 bits per heavy atom. The molecule has 2 aromatic heterocycles. The summed E-state index contributed by atoms with van der Waals surface area (Å²) in [5.74, 6) is -1.12. The Morgan fingerprint density at radius 3 is 2.67 bits per heavy atom. The normalized spacial score (nSPS) is 11.6. The van der Waals surface area contributed by atoms with Gasteiger partial charge in [-0.05, 0) is 32.9 Å². The van der Waals surface area contributed by atoms with E-state index >= 15 is 0 Å². The molecule has 0 atom stereocenters. The Hall–Kier alpha value is -2.37. The van der Waals surface area contributed by atoms with Crippen molar-refractivity contribution in [1.82, 2.24) is 14.5 Å². The van der Waals surface area contributed by atoms with E-state index in [1.807, 2.05) is 39.0 Å². The topological polar surface area (TPSA) is 74.9 Å². The first-order chi connectivity index (χ1) is 9.80. The van der Waals surface area contributed by atoms with Crippen LogP contribution in [0.2, 0.25) is 0 Å².